The molecule has 0 bridgehead atoms. The summed E-state index contributed by atoms with van der Waals surface area (Å²) in [4.78, 5) is 0. The van der Waals surface area contributed by atoms with Crippen LogP contribution < -0.4 is 4.74 Å². The number of hydrogen-bond donors (Lipinski definition) is 0. The molecule has 4 nitrogen and oxygen atoms in total. The second-order valence-corrected chi connectivity index (χ2v) is 6.75. The van der Waals surface area contributed by atoms with E-state index in [-0.39, 0.29) is 0 Å². The summed E-state index contributed by atoms with van der Waals surface area (Å²) in [5.41, 5.74) is 2.30. The molecule has 0 spiro atoms. The highest BCUT2D eigenvalue weighted by molar-refractivity contribution is 7.99. The number of aromatic nitrogens is 3. The zero-order valence-electron chi connectivity index (χ0n) is 13.6. The Morgan fingerprint density at radius 3 is 2.58 bits per heavy atom. The lowest BCUT2D eigenvalue weighted by atomic mass is 10.2. The number of thioether (sulfide) groups is 1. The summed E-state index contributed by atoms with van der Waals surface area (Å²) in [5.74, 6) is 2.34. The zero-order valence-corrected chi connectivity index (χ0v) is 15.1. The van der Waals surface area contributed by atoms with Crippen LogP contribution in [0.25, 0.3) is 5.69 Å². The van der Waals surface area contributed by atoms with Crippen molar-refractivity contribution in [3.63, 3.8) is 0 Å². The zero-order chi connectivity index (χ0) is 16.9. The summed E-state index contributed by atoms with van der Waals surface area (Å²) >= 11 is 7.71. The van der Waals surface area contributed by atoms with Crippen LogP contribution in [-0.4, -0.2) is 27.1 Å². The van der Waals surface area contributed by atoms with Crippen molar-refractivity contribution in [1.29, 1.82) is 0 Å². The first-order valence-electron chi connectivity index (χ1n) is 7.65. The molecule has 0 N–H and O–H groups in total. The van der Waals surface area contributed by atoms with Gasteiger partial charge in [0.05, 0.1) is 17.3 Å². The van der Waals surface area contributed by atoms with Crippen molar-refractivity contribution in [2.45, 2.75) is 19.0 Å². The Morgan fingerprint density at radius 2 is 1.79 bits per heavy atom. The van der Waals surface area contributed by atoms with E-state index in [2.05, 4.69) is 33.8 Å². The van der Waals surface area contributed by atoms with Gasteiger partial charge in [0.1, 0.15) is 11.6 Å². The molecule has 124 valence electrons. The quantitative estimate of drug-likeness (QED) is 0.472. The van der Waals surface area contributed by atoms with Gasteiger partial charge in [-0.25, -0.2) is 0 Å². The van der Waals surface area contributed by atoms with Gasteiger partial charge in [0.25, 0.3) is 0 Å². The Labute approximate surface area is 150 Å². The fourth-order valence-corrected chi connectivity index (χ4v) is 3.37. The van der Waals surface area contributed by atoms with Gasteiger partial charge in [0, 0.05) is 5.75 Å². The molecular formula is C18H18ClN3OS. The van der Waals surface area contributed by atoms with Gasteiger partial charge >= 0.3 is 0 Å². The van der Waals surface area contributed by atoms with E-state index in [0.29, 0.717) is 17.4 Å². The average Bonchev–Trinajstić information content (AvgIpc) is 2.94. The van der Waals surface area contributed by atoms with Gasteiger partial charge < -0.3 is 4.74 Å². The highest BCUT2D eigenvalue weighted by atomic mass is 35.5. The molecule has 0 aliphatic carbocycles. The fraction of sp³-hybridized carbons (Fsp3) is 0.222. The molecule has 0 saturated heterocycles. The first-order chi connectivity index (χ1) is 11.7. The molecule has 0 radical (unpaired) electrons. The summed E-state index contributed by atoms with van der Waals surface area (Å²) in [5, 5.41) is 10.00. The van der Waals surface area contributed by atoms with Crippen LogP contribution in [0.15, 0.2) is 53.7 Å². The topological polar surface area (TPSA) is 39.9 Å². The van der Waals surface area contributed by atoms with Crippen molar-refractivity contribution in [1.82, 2.24) is 14.8 Å². The Kier molecular flexibility index (Phi) is 5.43. The third kappa shape index (κ3) is 3.74. The third-order valence-electron chi connectivity index (χ3n) is 3.56. The normalized spacial score (nSPS) is 10.8. The van der Waals surface area contributed by atoms with E-state index in [4.69, 9.17) is 16.3 Å². The van der Waals surface area contributed by atoms with Crippen LogP contribution in [0.2, 0.25) is 5.02 Å². The predicted molar refractivity (Wildman–Crippen MR) is 98.5 cm³/mol. The van der Waals surface area contributed by atoms with E-state index in [1.54, 1.807) is 11.8 Å². The second-order valence-electron chi connectivity index (χ2n) is 5.28. The average molecular weight is 360 g/mol. The van der Waals surface area contributed by atoms with E-state index >= 15 is 0 Å². The molecule has 0 amide bonds. The molecule has 0 saturated carbocycles. The molecule has 0 atom stereocenters. The van der Waals surface area contributed by atoms with E-state index in [1.807, 2.05) is 43.3 Å². The number of halogens is 1. The Balaban J connectivity index is 1.67. The molecule has 0 aliphatic heterocycles. The lowest BCUT2D eigenvalue weighted by Crippen LogP contribution is -2.04. The molecule has 0 unspecified atom stereocenters. The fourth-order valence-electron chi connectivity index (χ4n) is 2.37. The van der Waals surface area contributed by atoms with Crippen molar-refractivity contribution in [2.24, 2.45) is 0 Å². The number of rotatable bonds is 6. The maximum Gasteiger partial charge on any atom is 0.195 e. The molecule has 2 aromatic carbocycles. The minimum absolute atomic E-state index is 0.550. The summed E-state index contributed by atoms with van der Waals surface area (Å²) in [6.45, 7) is 4.60. The molecular weight excluding hydrogens is 342 g/mol. The van der Waals surface area contributed by atoms with Gasteiger partial charge in [-0.1, -0.05) is 53.7 Å². The summed E-state index contributed by atoms with van der Waals surface area (Å²) < 4.78 is 7.80. The molecule has 1 aromatic heterocycles. The lowest BCUT2D eigenvalue weighted by molar-refractivity contribution is 0.344. The third-order valence-corrected chi connectivity index (χ3v) is 4.77. The van der Waals surface area contributed by atoms with Crippen molar-refractivity contribution >= 4 is 23.4 Å². The number of hydrogen-bond acceptors (Lipinski definition) is 4. The van der Waals surface area contributed by atoms with E-state index in [0.717, 1.165) is 22.4 Å². The monoisotopic (exact) mass is 359 g/mol. The largest absolute Gasteiger partial charge is 0.491 e. The van der Waals surface area contributed by atoms with Gasteiger partial charge in [-0.15, -0.1) is 10.2 Å². The number of nitrogens with zero attached hydrogens (tertiary/aromatic N) is 3. The first-order valence-corrected chi connectivity index (χ1v) is 9.01. The van der Waals surface area contributed by atoms with Crippen molar-refractivity contribution in [2.75, 3.05) is 12.4 Å². The first kappa shape index (κ1) is 16.9. The van der Waals surface area contributed by atoms with Crippen LogP contribution in [0, 0.1) is 13.8 Å². The van der Waals surface area contributed by atoms with Crippen LogP contribution >= 0.6 is 23.4 Å². The van der Waals surface area contributed by atoms with Gasteiger partial charge in [-0.2, -0.15) is 0 Å². The smallest absolute Gasteiger partial charge is 0.195 e. The number of aryl methyl sites for hydroxylation is 2. The van der Waals surface area contributed by atoms with Gasteiger partial charge in [-0.05, 0) is 37.6 Å². The van der Waals surface area contributed by atoms with Crippen LogP contribution in [0.5, 0.6) is 5.75 Å². The molecule has 0 fully saturated rings. The lowest BCUT2D eigenvalue weighted by Gasteiger charge is -2.11. The van der Waals surface area contributed by atoms with E-state index < -0.39 is 0 Å². The van der Waals surface area contributed by atoms with Crippen LogP contribution in [0.3, 0.4) is 0 Å². The van der Waals surface area contributed by atoms with E-state index in [9.17, 15) is 0 Å². The maximum atomic E-state index is 6.09. The Bertz CT molecular complexity index is 835. The van der Waals surface area contributed by atoms with Gasteiger partial charge in [0.2, 0.25) is 0 Å². The minimum Gasteiger partial charge on any atom is -0.491 e. The summed E-state index contributed by atoms with van der Waals surface area (Å²) in [6, 6.07) is 15.7. The summed E-state index contributed by atoms with van der Waals surface area (Å²) in [7, 11) is 0. The number of benzene rings is 2. The molecule has 3 aromatic rings. The minimum atomic E-state index is 0.550. The molecule has 3 rings (SSSR count). The maximum absolute atomic E-state index is 6.09. The Morgan fingerprint density at radius 1 is 1.04 bits per heavy atom. The van der Waals surface area contributed by atoms with Crippen LogP contribution in [0.4, 0.5) is 0 Å². The van der Waals surface area contributed by atoms with Crippen LogP contribution in [0.1, 0.15) is 11.4 Å². The number of para-hydroxylation sites is 2. The summed E-state index contributed by atoms with van der Waals surface area (Å²) in [6.07, 6.45) is 0. The van der Waals surface area contributed by atoms with Crippen LogP contribution in [-0.2, 0) is 0 Å². The second kappa shape index (κ2) is 7.73. The predicted octanol–water partition coefficient (Wildman–Crippen LogP) is 4.71. The highest BCUT2D eigenvalue weighted by Gasteiger charge is 2.13. The van der Waals surface area contributed by atoms with Crippen molar-refractivity contribution < 1.29 is 4.74 Å². The SMILES string of the molecule is Cc1ccccc1-n1c(C)nnc1SCCOc1ccccc1Cl. The molecule has 1 heterocycles. The standard InChI is InChI=1S/C18H18ClN3OS/c1-13-7-3-5-9-16(13)22-14(2)20-21-18(22)24-12-11-23-17-10-6-4-8-15(17)19/h3-10H,11-12H2,1-2H3. The molecule has 24 heavy (non-hydrogen) atoms. The molecule has 6 heteroatoms. The van der Waals surface area contributed by atoms with Gasteiger partial charge in [0.15, 0.2) is 5.16 Å². The Hall–Kier alpha value is -1.98. The number of ether oxygens (including phenoxy) is 1. The molecule has 0 aliphatic rings. The van der Waals surface area contributed by atoms with E-state index in [1.165, 1.54) is 5.56 Å². The van der Waals surface area contributed by atoms with Gasteiger partial charge in [-0.3, -0.25) is 4.57 Å². The van der Waals surface area contributed by atoms with Crippen molar-refractivity contribution in [3.8, 4) is 11.4 Å². The van der Waals surface area contributed by atoms with Crippen molar-refractivity contribution in [3.05, 3.63) is 64.9 Å². The highest BCUT2D eigenvalue weighted by Crippen LogP contribution is 2.25.